The molecule has 1 fully saturated rings. The van der Waals surface area contributed by atoms with Gasteiger partial charge in [0.25, 0.3) is 0 Å². The van der Waals surface area contributed by atoms with Crippen LogP contribution in [0.3, 0.4) is 0 Å². The van der Waals surface area contributed by atoms with Crippen LogP contribution in [-0.2, 0) is 11.2 Å². The van der Waals surface area contributed by atoms with Crippen LogP contribution < -0.4 is 0 Å². The molecule has 0 aliphatic carbocycles. The van der Waals surface area contributed by atoms with Gasteiger partial charge in [-0.1, -0.05) is 45.0 Å². The number of nitrogens with zero attached hydrogens (tertiary/aromatic N) is 1. The molecule has 3 nitrogen and oxygen atoms in total. The van der Waals surface area contributed by atoms with Crippen molar-refractivity contribution in [2.45, 2.75) is 39.4 Å². The Balaban J connectivity index is 2.06. The van der Waals surface area contributed by atoms with E-state index in [4.69, 9.17) is 4.74 Å². The summed E-state index contributed by atoms with van der Waals surface area (Å²) in [4.78, 5) is 2.33. The molecule has 1 heterocycles. The average Bonchev–Trinajstić information content (AvgIpc) is 2.46. The van der Waals surface area contributed by atoms with Crippen LogP contribution in [0.5, 0.6) is 0 Å². The van der Waals surface area contributed by atoms with Gasteiger partial charge >= 0.3 is 0 Å². The van der Waals surface area contributed by atoms with Gasteiger partial charge in [-0.3, -0.25) is 4.90 Å². The Kier molecular flexibility index (Phi) is 5.58. The maximum Gasteiger partial charge on any atom is 0.106 e. The summed E-state index contributed by atoms with van der Waals surface area (Å²) in [6.45, 7) is 10.1. The Hall–Kier alpha value is -0.900. The summed E-state index contributed by atoms with van der Waals surface area (Å²) >= 11 is 0. The molecular formula is C17H27NO2. The quantitative estimate of drug-likeness (QED) is 0.898. The molecule has 0 bridgehead atoms. The highest BCUT2D eigenvalue weighted by Crippen LogP contribution is 2.23. The van der Waals surface area contributed by atoms with Crippen molar-refractivity contribution in [1.82, 2.24) is 4.90 Å². The first-order valence-corrected chi connectivity index (χ1v) is 7.71. The third-order valence-corrected chi connectivity index (χ3v) is 3.91. The predicted molar refractivity (Wildman–Crippen MR) is 81.8 cm³/mol. The van der Waals surface area contributed by atoms with Crippen LogP contribution in [0, 0.1) is 5.92 Å². The molecule has 20 heavy (non-hydrogen) atoms. The molecule has 1 saturated heterocycles. The van der Waals surface area contributed by atoms with Crippen LogP contribution >= 0.6 is 0 Å². The molecule has 1 aromatic carbocycles. The molecule has 0 radical (unpaired) electrons. The number of hydrogen-bond donors (Lipinski definition) is 1. The number of aliphatic hydroxyl groups is 1. The van der Waals surface area contributed by atoms with Crippen molar-refractivity contribution in [2.75, 3.05) is 26.2 Å². The standard InChI is InChI=1S/C17H27NO2/c1-4-18-8-9-20-16(12-18)17(19)15-7-5-6-14(11-15)10-13(2)3/h5-7,11,13,16-17,19H,4,8-10,12H2,1-3H3. The van der Waals surface area contributed by atoms with Crippen molar-refractivity contribution >= 4 is 0 Å². The summed E-state index contributed by atoms with van der Waals surface area (Å²) in [5, 5.41) is 10.6. The van der Waals surface area contributed by atoms with Gasteiger partial charge in [0.05, 0.1) is 6.61 Å². The zero-order chi connectivity index (χ0) is 14.5. The predicted octanol–water partition coefficient (Wildman–Crippen LogP) is 2.64. The average molecular weight is 277 g/mol. The van der Waals surface area contributed by atoms with Gasteiger partial charge in [-0.2, -0.15) is 0 Å². The van der Waals surface area contributed by atoms with Crippen molar-refractivity contribution in [2.24, 2.45) is 5.92 Å². The Morgan fingerprint density at radius 2 is 2.20 bits per heavy atom. The number of likely N-dealkylation sites (N-methyl/N-ethyl adjacent to an activating group) is 1. The number of aliphatic hydroxyl groups excluding tert-OH is 1. The van der Waals surface area contributed by atoms with Gasteiger partial charge in [0, 0.05) is 13.1 Å². The first-order chi connectivity index (χ1) is 9.60. The molecular weight excluding hydrogens is 250 g/mol. The van der Waals surface area contributed by atoms with Gasteiger partial charge in [0.1, 0.15) is 12.2 Å². The minimum absolute atomic E-state index is 0.113. The minimum atomic E-state index is -0.531. The minimum Gasteiger partial charge on any atom is -0.386 e. The number of morpholine rings is 1. The van der Waals surface area contributed by atoms with Crippen LogP contribution in [0.2, 0.25) is 0 Å². The molecule has 1 aliphatic heterocycles. The topological polar surface area (TPSA) is 32.7 Å². The van der Waals surface area contributed by atoms with E-state index >= 15 is 0 Å². The van der Waals surface area contributed by atoms with Gasteiger partial charge in [-0.15, -0.1) is 0 Å². The molecule has 2 rings (SSSR count). The van der Waals surface area contributed by atoms with Crippen molar-refractivity contribution in [3.05, 3.63) is 35.4 Å². The number of benzene rings is 1. The molecule has 3 heteroatoms. The first kappa shape index (κ1) is 15.5. The number of hydrogen-bond acceptors (Lipinski definition) is 3. The second-order valence-electron chi connectivity index (χ2n) is 6.09. The monoisotopic (exact) mass is 277 g/mol. The zero-order valence-corrected chi connectivity index (χ0v) is 12.9. The highest BCUT2D eigenvalue weighted by molar-refractivity contribution is 5.26. The fourth-order valence-corrected chi connectivity index (χ4v) is 2.80. The van der Waals surface area contributed by atoms with Crippen molar-refractivity contribution in [1.29, 1.82) is 0 Å². The van der Waals surface area contributed by atoms with Gasteiger partial charge < -0.3 is 9.84 Å². The fraction of sp³-hybridized carbons (Fsp3) is 0.647. The van der Waals surface area contributed by atoms with E-state index in [2.05, 4.69) is 37.8 Å². The van der Waals surface area contributed by atoms with E-state index in [-0.39, 0.29) is 6.10 Å². The molecule has 0 saturated carbocycles. The summed E-state index contributed by atoms with van der Waals surface area (Å²) in [5.41, 5.74) is 2.27. The second-order valence-corrected chi connectivity index (χ2v) is 6.09. The number of ether oxygens (including phenoxy) is 1. The summed E-state index contributed by atoms with van der Waals surface area (Å²) in [5.74, 6) is 0.629. The van der Waals surface area contributed by atoms with E-state index in [0.717, 1.165) is 31.6 Å². The summed E-state index contributed by atoms with van der Waals surface area (Å²) in [6.07, 6.45) is 0.405. The van der Waals surface area contributed by atoms with Crippen LogP contribution in [0.25, 0.3) is 0 Å². The third-order valence-electron chi connectivity index (χ3n) is 3.91. The zero-order valence-electron chi connectivity index (χ0n) is 12.9. The summed E-state index contributed by atoms with van der Waals surface area (Å²) in [6, 6.07) is 8.30. The maximum absolute atomic E-state index is 10.6. The van der Waals surface area contributed by atoms with E-state index in [1.165, 1.54) is 5.56 Å². The van der Waals surface area contributed by atoms with Gasteiger partial charge in [0.2, 0.25) is 0 Å². The van der Waals surface area contributed by atoms with E-state index < -0.39 is 6.10 Å². The van der Waals surface area contributed by atoms with Crippen molar-refractivity contribution < 1.29 is 9.84 Å². The first-order valence-electron chi connectivity index (χ1n) is 7.71. The fourth-order valence-electron chi connectivity index (χ4n) is 2.80. The van der Waals surface area contributed by atoms with E-state index in [1.54, 1.807) is 0 Å². The van der Waals surface area contributed by atoms with Gasteiger partial charge in [0.15, 0.2) is 0 Å². The van der Waals surface area contributed by atoms with E-state index in [0.29, 0.717) is 12.5 Å². The third kappa shape index (κ3) is 4.05. The largest absolute Gasteiger partial charge is 0.386 e. The molecule has 1 N–H and O–H groups in total. The highest BCUT2D eigenvalue weighted by Gasteiger charge is 2.27. The molecule has 1 aromatic rings. The Morgan fingerprint density at radius 1 is 1.40 bits per heavy atom. The van der Waals surface area contributed by atoms with Crippen LogP contribution in [-0.4, -0.2) is 42.4 Å². The summed E-state index contributed by atoms with van der Waals surface area (Å²) in [7, 11) is 0. The Bertz CT molecular complexity index is 419. The molecule has 0 amide bonds. The van der Waals surface area contributed by atoms with Gasteiger partial charge in [-0.05, 0) is 30.0 Å². The van der Waals surface area contributed by atoms with Crippen molar-refractivity contribution in [3.8, 4) is 0 Å². The van der Waals surface area contributed by atoms with Crippen LogP contribution in [0.1, 0.15) is 38.0 Å². The maximum atomic E-state index is 10.6. The van der Waals surface area contributed by atoms with E-state index in [9.17, 15) is 5.11 Å². The molecule has 2 unspecified atom stereocenters. The van der Waals surface area contributed by atoms with E-state index in [1.807, 2.05) is 12.1 Å². The lowest BCUT2D eigenvalue weighted by molar-refractivity contribution is -0.0889. The molecule has 2 atom stereocenters. The second kappa shape index (κ2) is 7.21. The lowest BCUT2D eigenvalue weighted by Crippen LogP contribution is -2.44. The Morgan fingerprint density at radius 3 is 2.90 bits per heavy atom. The van der Waals surface area contributed by atoms with Gasteiger partial charge in [-0.25, -0.2) is 0 Å². The Labute approximate surface area is 122 Å². The highest BCUT2D eigenvalue weighted by atomic mass is 16.5. The smallest absolute Gasteiger partial charge is 0.106 e. The van der Waals surface area contributed by atoms with Crippen LogP contribution in [0.15, 0.2) is 24.3 Å². The molecule has 1 aliphatic rings. The van der Waals surface area contributed by atoms with Crippen LogP contribution in [0.4, 0.5) is 0 Å². The lowest BCUT2D eigenvalue weighted by atomic mass is 9.97. The number of rotatable bonds is 5. The molecule has 0 spiro atoms. The molecule has 0 aromatic heterocycles. The normalized spacial score (nSPS) is 22.1. The SMILES string of the molecule is CCN1CCOC(C(O)c2cccc(CC(C)C)c2)C1. The molecule has 112 valence electrons. The lowest BCUT2D eigenvalue weighted by Gasteiger charge is -2.34. The summed E-state index contributed by atoms with van der Waals surface area (Å²) < 4.78 is 5.76. The van der Waals surface area contributed by atoms with Crippen molar-refractivity contribution in [3.63, 3.8) is 0 Å².